The molecule has 2 aliphatic carbocycles. The van der Waals surface area contributed by atoms with Gasteiger partial charge < -0.3 is 18.6 Å². The molecule has 5 nitrogen and oxygen atoms in total. The zero-order chi connectivity index (χ0) is 21.2. The average Bonchev–Trinajstić information content (AvgIpc) is 2.69. The Morgan fingerprint density at radius 2 is 1.79 bits per heavy atom. The minimum Gasteiger partial charge on any atom is -0.547 e. The van der Waals surface area contributed by atoms with Crippen LogP contribution in [0.5, 0.6) is 11.5 Å². The third-order valence-corrected chi connectivity index (χ3v) is 7.00. The van der Waals surface area contributed by atoms with Crippen LogP contribution in [0.2, 0.25) is 19.6 Å². The number of benzene rings is 1. The number of carbonyl (C=O) groups excluding carboxylic acids is 1. The molecule has 0 bridgehead atoms. The van der Waals surface area contributed by atoms with E-state index in [4.69, 9.17) is 18.6 Å². The molecule has 0 N–H and O–H groups in total. The second kappa shape index (κ2) is 8.42. The summed E-state index contributed by atoms with van der Waals surface area (Å²) in [5, 5.41) is 0. The van der Waals surface area contributed by atoms with Gasteiger partial charge in [0.2, 0.25) is 8.32 Å². The highest BCUT2D eigenvalue weighted by atomic mass is 28.4. The van der Waals surface area contributed by atoms with Gasteiger partial charge in [0.05, 0.1) is 32.5 Å². The molecule has 1 aromatic carbocycles. The monoisotopic (exact) mass is 418 g/mol. The van der Waals surface area contributed by atoms with Crippen molar-refractivity contribution in [3.63, 3.8) is 0 Å². The van der Waals surface area contributed by atoms with Gasteiger partial charge >= 0.3 is 5.97 Å². The minimum atomic E-state index is -1.83. The van der Waals surface area contributed by atoms with E-state index in [-0.39, 0.29) is 17.3 Å². The number of hydrogen-bond acceptors (Lipinski definition) is 5. The molecular formula is C23H34O5Si. The summed E-state index contributed by atoms with van der Waals surface area (Å²) in [6.45, 7) is 6.64. The Morgan fingerprint density at radius 1 is 1.10 bits per heavy atom. The Balaban J connectivity index is 2.19. The van der Waals surface area contributed by atoms with Crippen molar-refractivity contribution in [1.29, 1.82) is 0 Å². The van der Waals surface area contributed by atoms with Crippen LogP contribution in [0.3, 0.4) is 0 Å². The van der Waals surface area contributed by atoms with Crippen LogP contribution in [0, 0.1) is 5.92 Å². The van der Waals surface area contributed by atoms with E-state index in [1.165, 1.54) is 18.2 Å². The number of carbonyl (C=O) groups is 1. The molecule has 0 aromatic heterocycles. The van der Waals surface area contributed by atoms with E-state index in [1.807, 2.05) is 0 Å². The molecule has 0 amide bonds. The highest BCUT2D eigenvalue weighted by molar-refractivity contribution is 6.70. The predicted molar refractivity (Wildman–Crippen MR) is 116 cm³/mol. The molecule has 0 aliphatic heterocycles. The van der Waals surface area contributed by atoms with E-state index in [9.17, 15) is 4.79 Å². The van der Waals surface area contributed by atoms with Crippen LogP contribution in [0.25, 0.3) is 0 Å². The summed E-state index contributed by atoms with van der Waals surface area (Å²) in [7, 11) is 2.97. The maximum Gasteiger partial charge on any atom is 0.305 e. The van der Waals surface area contributed by atoms with Crippen molar-refractivity contribution >= 4 is 14.3 Å². The van der Waals surface area contributed by atoms with Crippen molar-refractivity contribution < 1.29 is 23.4 Å². The molecule has 3 rings (SSSR count). The van der Waals surface area contributed by atoms with Crippen LogP contribution < -0.4 is 9.47 Å². The first kappa shape index (κ1) is 21.7. The fraction of sp³-hybridized carbons (Fsp3) is 0.609. The molecule has 0 unspecified atom stereocenters. The number of ether oxygens (including phenoxy) is 3. The maximum absolute atomic E-state index is 12.3. The molecule has 1 aromatic rings. The second-order valence-electron chi connectivity index (χ2n) is 9.05. The van der Waals surface area contributed by atoms with E-state index in [0.717, 1.165) is 49.4 Å². The van der Waals surface area contributed by atoms with E-state index < -0.39 is 8.32 Å². The van der Waals surface area contributed by atoms with E-state index in [0.29, 0.717) is 6.42 Å². The minimum absolute atomic E-state index is 0.142. The maximum atomic E-state index is 12.3. The van der Waals surface area contributed by atoms with Crippen molar-refractivity contribution in [1.82, 2.24) is 0 Å². The van der Waals surface area contributed by atoms with Gasteiger partial charge in [-0.25, -0.2) is 0 Å². The second-order valence-corrected chi connectivity index (χ2v) is 13.5. The number of hydrogen-bond donors (Lipinski definition) is 0. The number of fused-ring (bicyclic) bond motifs is 2. The van der Waals surface area contributed by atoms with E-state index in [2.05, 4.69) is 37.8 Å². The number of allylic oxidation sites excluding steroid dienone is 2. The Labute approximate surface area is 175 Å². The molecule has 6 heteroatoms. The van der Waals surface area contributed by atoms with Gasteiger partial charge in [0.15, 0.2) is 11.5 Å². The van der Waals surface area contributed by atoms with Crippen molar-refractivity contribution in [2.24, 2.45) is 5.92 Å². The molecule has 0 heterocycles. The lowest BCUT2D eigenvalue weighted by atomic mass is 9.58. The number of methoxy groups -OCH3 is 3. The van der Waals surface area contributed by atoms with Crippen molar-refractivity contribution in [2.45, 2.75) is 63.6 Å². The van der Waals surface area contributed by atoms with Gasteiger partial charge in [-0.2, -0.15) is 0 Å². The molecule has 29 heavy (non-hydrogen) atoms. The Kier molecular flexibility index (Phi) is 6.32. The predicted octanol–water partition coefficient (Wildman–Crippen LogP) is 4.99. The zero-order valence-corrected chi connectivity index (χ0v) is 19.6. The SMILES string of the molecule is COC(=O)C[C@@H]1CCCC[C@]12C(O[Si](C)(C)C)=CCc1cc(OC)c(OC)cc12. The molecule has 1 saturated carbocycles. The van der Waals surface area contributed by atoms with Crippen molar-refractivity contribution in [3.8, 4) is 11.5 Å². The fourth-order valence-electron chi connectivity index (χ4n) is 4.97. The summed E-state index contributed by atoms with van der Waals surface area (Å²) in [5.74, 6) is 2.50. The van der Waals surface area contributed by atoms with Crippen molar-refractivity contribution in [2.75, 3.05) is 21.3 Å². The van der Waals surface area contributed by atoms with Gasteiger partial charge in [0.1, 0.15) is 0 Å². The fourth-order valence-corrected chi connectivity index (χ4v) is 5.90. The number of rotatable bonds is 6. The normalized spacial score (nSPS) is 23.8. The molecular weight excluding hydrogens is 384 g/mol. The first-order valence-corrected chi connectivity index (χ1v) is 13.9. The third-order valence-electron chi connectivity index (χ3n) is 6.16. The quantitative estimate of drug-likeness (QED) is 0.481. The Hall–Kier alpha value is -1.95. The zero-order valence-electron chi connectivity index (χ0n) is 18.6. The topological polar surface area (TPSA) is 54.0 Å². The summed E-state index contributed by atoms with van der Waals surface area (Å²) >= 11 is 0. The summed E-state index contributed by atoms with van der Waals surface area (Å²) < 4.78 is 22.9. The molecule has 1 spiro atoms. The average molecular weight is 419 g/mol. The van der Waals surface area contributed by atoms with Gasteiger partial charge in [-0.15, -0.1) is 0 Å². The largest absolute Gasteiger partial charge is 0.547 e. The van der Waals surface area contributed by atoms with E-state index >= 15 is 0 Å². The molecule has 2 aliphatic rings. The van der Waals surface area contributed by atoms with Gasteiger partial charge in [0, 0.05) is 6.42 Å². The summed E-state index contributed by atoms with van der Waals surface area (Å²) in [4.78, 5) is 12.3. The Morgan fingerprint density at radius 3 is 2.41 bits per heavy atom. The van der Waals surface area contributed by atoms with E-state index in [1.54, 1.807) is 14.2 Å². The standard InChI is InChI=1S/C23H34O5Si/c1-25-19-13-16-10-11-21(28-29(4,5)6)23(18(16)15-20(19)26-2)12-8-7-9-17(23)14-22(24)27-3/h11,13,15,17H,7-10,12,14H2,1-6H3/t17-,23-/m0/s1. The summed E-state index contributed by atoms with van der Waals surface area (Å²) in [6, 6.07) is 4.20. The van der Waals surface area contributed by atoms with Crippen LogP contribution in [-0.4, -0.2) is 35.6 Å². The van der Waals surface area contributed by atoms with Crippen LogP contribution >= 0.6 is 0 Å². The summed E-state index contributed by atoms with van der Waals surface area (Å²) in [5.41, 5.74) is 2.13. The molecule has 0 radical (unpaired) electrons. The highest BCUT2D eigenvalue weighted by Gasteiger charge is 2.50. The molecule has 0 saturated heterocycles. The van der Waals surface area contributed by atoms with Gasteiger partial charge in [-0.05, 0) is 74.2 Å². The lowest BCUT2D eigenvalue weighted by Crippen LogP contribution is -2.46. The van der Waals surface area contributed by atoms with Crippen LogP contribution in [0.15, 0.2) is 24.0 Å². The van der Waals surface area contributed by atoms with Gasteiger partial charge in [-0.1, -0.05) is 12.8 Å². The van der Waals surface area contributed by atoms with Crippen LogP contribution in [-0.2, 0) is 25.8 Å². The highest BCUT2D eigenvalue weighted by Crippen LogP contribution is 2.55. The lowest BCUT2D eigenvalue weighted by molar-refractivity contribution is -0.142. The lowest BCUT2D eigenvalue weighted by Gasteiger charge is -2.49. The number of esters is 1. The summed E-state index contributed by atoms with van der Waals surface area (Å²) in [6.07, 6.45) is 7.60. The van der Waals surface area contributed by atoms with Crippen molar-refractivity contribution in [3.05, 3.63) is 35.1 Å². The first-order chi connectivity index (χ1) is 13.7. The molecule has 1 fully saturated rings. The molecule has 2 atom stereocenters. The van der Waals surface area contributed by atoms with Crippen LogP contribution in [0.1, 0.15) is 43.2 Å². The Bertz CT molecular complexity index is 795. The van der Waals surface area contributed by atoms with Crippen LogP contribution in [0.4, 0.5) is 0 Å². The first-order valence-electron chi connectivity index (χ1n) is 10.5. The smallest absolute Gasteiger partial charge is 0.305 e. The van der Waals surface area contributed by atoms with Gasteiger partial charge in [0.25, 0.3) is 0 Å². The van der Waals surface area contributed by atoms with Gasteiger partial charge in [-0.3, -0.25) is 4.79 Å². The third kappa shape index (κ3) is 4.18. The molecule has 160 valence electrons.